The Kier molecular flexibility index (Phi) is 6.25. The molecule has 128 valence electrons. The molecule has 7 heteroatoms. The van der Waals surface area contributed by atoms with Gasteiger partial charge in [-0.25, -0.2) is 0 Å². The number of carbonyl (C=O) groups is 1. The quantitative estimate of drug-likeness (QED) is 0.742. The molecule has 0 spiro atoms. The average molecular weight is 411 g/mol. The van der Waals surface area contributed by atoms with E-state index in [1.807, 2.05) is 6.07 Å². The smallest absolute Gasteiger partial charge is 0.244 e. The number of morpholine rings is 1. The number of ether oxygens (including phenoxy) is 1. The van der Waals surface area contributed by atoms with E-state index in [9.17, 15) is 4.79 Å². The first kappa shape index (κ1) is 17.4. The Hall–Kier alpha value is -1.41. The van der Waals surface area contributed by atoms with Crippen LogP contribution in [0.2, 0.25) is 0 Å². The number of thiophene rings is 1. The summed E-state index contributed by atoms with van der Waals surface area (Å²) in [7, 11) is 0. The summed E-state index contributed by atoms with van der Waals surface area (Å²) in [6.45, 7) is 3.82. The van der Waals surface area contributed by atoms with Crippen molar-refractivity contribution in [3.63, 3.8) is 0 Å². The van der Waals surface area contributed by atoms with Crippen LogP contribution in [0.3, 0.4) is 0 Å². The minimum absolute atomic E-state index is 0.127. The van der Waals surface area contributed by atoms with Crippen molar-refractivity contribution in [2.75, 3.05) is 32.8 Å². The number of hydrogen-bond donors (Lipinski definition) is 1. The number of nitrogens with one attached hydrogen (secondary N) is 1. The van der Waals surface area contributed by atoms with E-state index >= 15 is 0 Å². The molecular weight excluding hydrogens is 392 g/mol. The van der Waals surface area contributed by atoms with Gasteiger partial charge in [-0.05, 0) is 45.6 Å². The fourth-order valence-corrected chi connectivity index (χ4v) is 3.79. The second-order valence-corrected chi connectivity index (χ2v) is 7.16. The number of halogens is 1. The van der Waals surface area contributed by atoms with Crippen LogP contribution < -0.4 is 5.32 Å². The van der Waals surface area contributed by atoms with Gasteiger partial charge >= 0.3 is 0 Å². The highest BCUT2D eigenvalue weighted by atomic mass is 79.9. The van der Waals surface area contributed by atoms with Crippen LogP contribution in [0.25, 0.3) is 6.08 Å². The van der Waals surface area contributed by atoms with Gasteiger partial charge in [0.25, 0.3) is 0 Å². The molecule has 0 bridgehead atoms. The van der Waals surface area contributed by atoms with E-state index in [0.717, 1.165) is 26.3 Å². The molecule has 0 radical (unpaired) electrons. The SMILES string of the molecule is O=C(/C=C/c1ccc(Br)o1)NC[C@H](c1cccs1)N1CCOCC1. The van der Waals surface area contributed by atoms with Gasteiger partial charge in [0.05, 0.1) is 19.3 Å². The van der Waals surface area contributed by atoms with Crippen LogP contribution in [0, 0.1) is 0 Å². The van der Waals surface area contributed by atoms with Gasteiger partial charge in [0.1, 0.15) is 5.76 Å². The molecule has 1 saturated heterocycles. The molecule has 1 fully saturated rings. The number of nitrogens with zero attached hydrogens (tertiary/aromatic N) is 1. The van der Waals surface area contributed by atoms with Gasteiger partial charge in [-0.15, -0.1) is 11.3 Å². The molecule has 0 unspecified atom stereocenters. The first-order valence-corrected chi connectivity index (χ1v) is 9.46. The lowest BCUT2D eigenvalue weighted by molar-refractivity contribution is -0.116. The third-order valence-electron chi connectivity index (χ3n) is 3.82. The van der Waals surface area contributed by atoms with E-state index < -0.39 is 0 Å². The van der Waals surface area contributed by atoms with Crippen molar-refractivity contribution < 1.29 is 13.9 Å². The van der Waals surface area contributed by atoms with E-state index in [1.54, 1.807) is 29.5 Å². The molecule has 1 amide bonds. The van der Waals surface area contributed by atoms with Crippen LogP contribution in [-0.2, 0) is 9.53 Å². The highest BCUT2D eigenvalue weighted by Gasteiger charge is 2.23. The van der Waals surface area contributed by atoms with Crippen LogP contribution in [0.1, 0.15) is 16.7 Å². The van der Waals surface area contributed by atoms with Gasteiger partial charge in [0, 0.05) is 30.6 Å². The summed E-state index contributed by atoms with van der Waals surface area (Å²) in [6, 6.07) is 7.94. The number of rotatable bonds is 6. The fourth-order valence-electron chi connectivity index (χ4n) is 2.61. The second kappa shape index (κ2) is 8.62. The van der Waals surface area contributed by atoms with Gasteiger partial charge in [0.15, 0.2) is 4.67 Å². The van der Waals surface area contributed by atoms with Crippen molar-refractivity contribution in [2.24, 2.45) is 0 Å². The van der Waals surface area contributed by atoms with Crippen LogP contribution in [0.15, 0.2) is 44.8 Å². The molecule has 2 aromatic rings. The summed E-state index contributed by atoms with van der Waals surface area (Å²) in [5.74, 6) is 0.511. The molecule has 0 aliphatic carbocycles. The summed E-state index contributed by atoms with van der Waals surface area (Å²) in [5, 5.41) is 5.06. The monoisotopic (exact) mass is 410 g/mol. The zero-order chi connectivity index (χ0) is 16.8. The number of hydrogen-bond acceptors (Lipinski definition) is 5. The highest BCUT2D eigenvalue weighted by molar-refractivity contribution is 9.10. The molecule has 1 N–H and O–H groups in total. The van der Waals surface area contributed by atoms with Crippen LogP contribution in [0.4, 0.5) is 0 Å². The molecule has 0 saturated carbocycles. The first-order chi connectivity index (χ1) is 11.7. The van der Waals surface area contributed by atoms with Gasteiger partial charge in [-0.2, -0.15) is 0 Å². The standard InChI is InChI=1S/C17H19BrN2O3S/c18-16-5-3-13(23-16)4-6-17(21)19-12-14(15-2-1-11-24-15)20-7-9-22-10-8-20/h1-6,11,14H,7-10,12H2,(H,19,21)/b6-4+/t14-/m1/s1. The van der Waals surface area contributed by atoms with Crippen LogP contribution >= 0.6 is 27.3 Å². The Morgan fingerprint density at radius 1 is 1.38 bits per heavy atom. The van der Waals surface area contributed by atoms with Crippen molar-refractivity contribution in [2.45, 2.75) is 6.04 Å². The Morgan fingerprint density at radius 3 is 2.88 bits per heavy atom. The minimum atomic E-state index is -0.127. The Balaban J connectivity index is 1.58. The summed E-state index contributed by atoms with van der Waals surface area (Å²) in [4.78, 5) is 15.7. The molecule has 1 aliphatic rings. The van der Waals surface area contributed by atoms with Gasteiger partial charge in [-0.3, -0.25) is 9.69 Å². The van der Waals surface area contributed by atoms with E-state index in [0.29, 0.717) is 17.0 Å². The van der Waals surface area contributed by atoms with Crippen LogP contribution in [0.5, 0.6) is 0 Å². The van der Waals surface area contributed by atoms with Gasteiger partial charge < -0.3 is 14.5 Å². The zero-order valence-corrected chi connectivity index (χ0v) is 15.5. The van der Waals surface area contributed by atoms with Crippen molar-refractivity contribution in [1.29, 1.82) is 0 Å². The zero-order valence-electron chi connectivity index (χ0n) is 13.1. The second-order valence-electron chi connectivity index (χ2n) is 5.40. The molecule has 5 nitrogen and oxygen atoms in total. The van der Waals surface area contributed by atoms with Crippen molar-refractivity contribution in [1.82, 2.24) is 10.2 Å². The summed E-state index contributed by atoms with van der Waals surface area (Å²) in [6.07, 6.45) is 3.16. The first-order valence-electron chi connectivity index (χ1n) is 7.79. The Bertz CT molecular complexity index is 678. The summed E-state index contributed by atoms with van der Waals surface area (Å²) >= 11 is 4.96. The molecule has 1 atom stereocenters. The third kappa shape index (κ3) is 4.80. The molecule has 2 aromatic heterocycles. The molecular formula is C17H19BrN2O3S. The molecule has 0 aromatic carbocycles. The Morgan fingerprint density at radius 2 is 2.21 bits per heavy atom. The maximum atomic E-state index is 12.1. The number of furan rings is 1. The normalized spacial score (nSPS) is 17.2. The van der Waals surface area contributed by atoms with E-state index in [2.05, 4.69) is 37.6 Å². The van der Waals surface area contributed by atoms with E-state index in [4.69, 9.17) is 9.15 Å². The summed E-state index contributed by atoms with van der Waals surface area (Å²) < 4.78 is 11.4. The van der Waals surface area contributed by atoms with E-state index in [1.165, 1.54) is 11.0 Å². The molecule has 3 rings (SSSR count). The number of carbonyl (C=O) groups excluding carboxylic acids is 1. The topological polar surface area (TPSA) is 54.7 Å². The fraction of sp³-hybridized carbons (Fsp3) is 0.353. The number of amides is 1. The molecule has 3 heterocycles. The Labute approximate surface area is 153 Å². The molecule has 24 heavy (non-hydrogen) atoms. The molecule has 1 aliphatic heterocycles. The lowest BCUT2D eigenvalue weighted by atomic mass is 10.2. The predicted octanol–water partition coefficient (Wildman–Crippen LogP) is 3.31. The summed E-state index contributed by atoms with van der Waals surface area (Å²) in [5.41, 5.74) is 0. The lowest BCUT2D eigenvalue weighted by Gasteiger charge is -2.34. The average Bonchev–Trinajstić information content (AvgIpc) is 3.26. The van der Waals surface area contributed by atoms with Gasteiger partial charge in [0.2, 0.25) is 5.91 Å². The highest BCUT2D eigenvalue weighted by Crippen LogP contribution is 2.25. The minimum Gasteiger partial charge on any atom is -0.450 e. The lowest BCUT2D eigenvalue weighted by Crippen LogP contribution is -2.43. The third-order valence-corrected chi connectivity index (χ3v) is 5.22. The maximum Gasteiger partial charge on any atom is 0.244 e. The van der Waals surface area contributed by atoms with Crippen molar-refractivity contribution in [3.05, 3.63) is 51.0 Å². The van der Waals surface area contributed by atoms with Crippen molar-refractivity contribution in [3.8, 4) is 0 Å². The predicted molar refractivity (Wildman–Crippen MR) is 97.9 cm³/mol. The van der Waals surface area contributed by atoms with E-state index in [-0.39, 0.29) is 11.9 Å². The van der Waals surface area contributed by atoms with Gasteiger partial charge in [-0.1, -0.05) is 6.07 Å². The van der Waals surface area contributed by atoms with Crippen LogP contribution in [-0.4, -0.2) is 43.7 Å². The van der Waals surface area contributed by atoms with Crippen molar-refractivity contribution >= 4 is 39.2 Å². The largest absolute Gasteiger partial charge is 0.450 e. The maximum absolute atomic E-state index is 12.1.